The Bertz CT molecular complexity index is 451. The van der Waals surface area contributed by atoms with Crippen LogP contribution in [0.5, 0.6) is 0 Å². The lowest BCUT2D eigenvalue weighted by molar-refractivity contribution is 0.0511. The van der Waals surface area contributed by atoms with Gasteiger partial charge in [-0.3, -0.25) is 4.79 Å². The van der Waals surface area contributed by atoms with E-state index in [-0.39, 0.29) is 18.0 Å². The molecule has 2 atom stereocenters. The summed E-state index contributed by atoms with van der Waals surface area (Å²) in [7, 11) is 0. The number of carbonyl (C=O) groups excluding carboxylic acids is 1. The molecule has 2 N–H and O–H groups in total. The molecule has 1 saturated heterocycles. The molecule has 1 aliphatic heterocycles. The number of hydrogen-bond acceptors (Lipinski definition) is 2. The van der Waals surface area contributed by atoms with E-state index in [1.165, 1.54) is 6.42 Å². The van der Waals surface area contributed by atoms with Crippen LogP contribution in [0.4, 0.5) is 5.69 Å². The standard InChI is InChI=1S/C14H19ClN2O/c1-9-4-3-5-10(2)17(9)14(18)12-7-6-11(16)8-13(12)15/h6-10H,3-5,16H2,1-2H3. The molecule has 1 aliphatic rings. The molecule has 1 heterocycles. The highest BCUT2D eigenvalue weighted by atomic mass is 35.5. The number of anilines is 1. The van der Waals surface area contributed by atoms with E-state index in [2.05, 4.69) is 13.8 Å². The largest absolute Gasteiger partial charge is 0.399 e. The van der Waals surface area contributed by atoms with E-state index in [4.69, 9.17) is 17.3 Å². The minimum Gasteiger partial charge on any atom is -0.399 e. The number of likely N-dealkylation sites (tertiary alicyclic amines) is 1. The van der Waals surface area contributed by atoms with Crippen molar-refractivity contribution in [3.63, 3.8) is 0 Å². The molecule has 18 heavy (non-hydrogen) atoms. The molecule has 2 unspecified atom stereocenters. The van der Waals surface area contributed by atoms with E-state index < -0.39 is 0 Å². The topological polar surface area (TPSA) is 46.3 Å². The van der Waals surface area contributed by atoms with Crippen LogP contribution >= 0.6 is 11.6 Å². The van der Waals surface area contributed by atoms with Crippen molar-refractivity contribution in [2.45, 2.75) is 45.2 Å². The van der Waals surface area contributed by atoms with E-state index in [9.17, 15) is 4.79 Å². The maximum atomic E-state index is 12.6. The van der Waals surface area contributed by atoms with E-state index in [1.807, 2.05) is 4.90 Å². The summed E-state index contributed by atoms with van der Waals surface area (Å²) in [4.78, 5) is 14.5. The zero-order valence-electron chi connectivity index (χ0n) is 10.8. The first-order chi connectivity index (χ1) is 8.50. The van der Waals surface area contributed by atoms with E-state index in [0.29, 0.717) is 16.3 Å². The van der Waals surface area contributed by atoms with Crippen molar-refractivity contribution in [1.29, 1.82) is 0 Å². The smallest absolute Gasteiger partial charge is 0.255 e. The highest BCUT2D eigenvalue weighted by molar-refractivity contribution is 6.34. The normalized spacial score (nSPS) is 24.1. The molecule has 0 spiro atoms. The number of rotatable bonds is 1. The second kappa shape index (κ2) is 5.19. The van der Waals surface area contributed by atoms with Gasteiger partial charge in [0.15, 0.2) is 0 Å². The van der Waals surface area contributed by atoms with Gasteiger partial charge >= 0.3 is 0 Å². The first-order valence-corrected chi connectivity index (χ1v) is 6.76. The van der Waals surface area contributed by atoms with Gasteiger partial charge in [-0.1, -0.05) is 11.6 Å². The summed E-state index contributed by atoms with van der Waals surface area (Å²) in [5, 5.41) is 0.435. The third-order valence-corrected chi connectivity index (χ3v) is 3.96. The Morgan fingerprint density at radius 2 is 1.94 bits per heavy atom. The van der Waals surface area contributed by atoms with Gasteiger partial charge in [-0.15, -0.1) is 0 Å². The summed E-state index contributed by atoms with van der Waals surface area (Å²) in [6.45, 7) is 4.19. The number of carbonyl (C=O) groups is 1. The molecule has 0 radical (unpaired) electrons. The maximum absolute atomic E-state index is 12.6. The minimum atomic E-state index is 0.0136. The Morgan fingerprint density at radius 1 is 1.33 bits per heavy atom. The molecule has 1 fully saturated rings. The Labute approximate surface area is 113 Å². The van der Waals surface area contributed by atoms with Crippen LogP contribution in [0.3, 0.4) is 0 Å². The fourth-order valence-electron chi connectivity index (χ4n) is 2.67. The first-order valence-electron chi connectivity index (χ1n) is 6.38. The third kappa shape index (κ3) is 2.46. The van der Waals surface area contributed by atoms with E-state index in [1.54, 1.807) is 18.2 Å². The fourth-order valence-corrected chi connectivity index (χ4v) is 2.94. The monoisotopic (exact) mass is 266 g/mol. The number of hydrogen-bond donors (Lipinski definition) is 1. The molecule has 3 nitrogen and oxygen atoms in total. The predicted octanol–water partition coefficient (Wildman–Crippen LogP) is 3.33. The summed E-state index contributed by atoms with van der Waals surface area (Å²) in [5.74, 6) is 0.0136. The highest BCUT2D eigenvalue weighted by Crippen LogP contribution is 2.27. The molecule has 98 valence electrons. The van der Waals surface area contributed by atoms with Gasteiger partial charge in [0.25, 0.3) is 5.91 Å². The Morgan fingerprint density at radius 3 is 2.50 bits per heavy atom. The second-order valence-electron chi connectivity index (χ2n) is 5.08. The highest BCUT2D eigenvalue weighted by Gasteiger charge is 2.30. The summed E-state index contributed by atoms with van der Waals surface area (Å²) < 4.78 is 0. The number of nitrogens with two attached hydrogens (primary N) is 1. The third-order valence-electron chi connectivity index (χ3n) is 3.65. The average Bonchev–Trinajstić information content (AvgIpc) is 2.28. The Kier molecular flexibility index (Phi) is 3.81. The molecular formula is C14H19ClN2O. The average molecular weight is 267 g/mol. The van der Waals surface area contributed by atoms with Gasteiger partial charge in [-0.2, -0.15) is 0 Å². The van der Waals surface area contributed by atoms with Crippen LogP contribution in [-0.2, 0) is 0 Å². The number of nitrogen functional groups attached to an aromatic ring is 1. The van der Waals surface area contributed by atoms with Crippen LogP contribution in [0, 0.1) is 0 Å². The molecule has 0 aliphatic carbocycles. The number of amides is 1. The second-order valence-corrected chi connectivity index (χ2v) is 5.49. The van der Waals surface area contributed by atoms with Crippen LogP contribution in [0.1, 0.15) is 43.5 Å². The summed E-state index contributed by atoms with van der Waals surface area (Å²) >= 11 is 6.11. The molecule has 0 aromatic heterocycles. The molecule has 1 aromatic rings. The molecule has 2 rings (SSSR count). The van der Waals surface area contributed by atoms with Crippen molar-refractivity contribution >= 4 is 23.2 Å². The lowest BCUT2D eigenvalue weighted by Crippen LogP contribution is -2.47. The lowest BCUT2D eigenvalue weighted by atomic mass is 9.96. The van der Waals surface area contributed by atoms with Crippen LogP contribution in [0.2, 0.25) is 5.02 Å². The molecule has 1 amide bonds. The van der Waals surface area contributed by atoms with Gasteiger partial charge in [0.1, 0.15) is 0 Å². The molecule has 4 heteroatoms. The predicted molar refractivity (Wildman–Crippen MR) is 74.8 cm³/mol. The van der Waals surface area contributed by atoms with Crippen molar-refractivity contribution in [3.8, 4) is 0 Å². The van der Waals surface area contributed by atoms with Crippen LogP contribution in [-0.4, -0.2) is 22.9 Å². The van der Waals surface area contributed by atoms with Crippen molar-refractivity contribution < 1.29 is 4.79 Å². The summed E-state index contributed by atoms with van der Waals surface area (Å²) in [6, 6.07) is 5.62. The van der Waals surface area contributed by atoms with Gasteiger partial charge in [0.05, 0.1) is 10.6 Å². The minimum absolute atomic E-state index is 0.0136. The maximum Gasteiger partial charge on any atom is 0.255 e. The molecular weight excluding hydrogens is 248 g/mol. The quantitative estimate of drug-likeness (QED) is 0.793. The molecule has 1 aromatic carbocycles. The number of nitrogens with zero attached hydrogens (tertiary/aromatic N) is 1. The van der Waals surface area contributed by atoms with Crippen molar-refractivity contribution in [2.24, 2.45) is 0 Å². The fraction of sp³-hybridized carbons (Fsp3) is 0.500. The zero-order chi connectivity index (χ0) is 13.3. The van der Waals surface area contributed by atoms with Crippen molar-refractivity contribution in [2.75, 3.05) is 5.73 Å². The van der Waals surface area contributed by atoms with Gasteiger partial charge in [-0.25, -0.2) is 0 Å². The number of benzene rings is 1. The van der Waals surface area contributed by atoms with E-state index in [0.717, 1.165) is 12.8 Å². The van der Waals surface area contributed by atoms with Crippen molar-refractivity contribution in [1.82, 2.24) is 4.90 Å². The van der Waals surface area contributed by atoms with Crippen LogP contribution in [0.25, 0.3) is 0 Å². The Balaban J connectivity index is 2.29. The summed E-state index contributed by atoms with van der Waals surface area (Å²) in [6.07, 6.45) is 3.30. The van der Waals surface area contributed by atoms with Gasteiger partial charge < -0.3 is 10.6 Å². The number of piperidine rings is 1. The molecule has 0 bridgehead atoms. The lowest BCUT2D eigenvalue weighted by Gasteiger charge is -2.39. The molecule has 0 saturated carbocycles. The van der Waals surface area contributed by atoms with Crippen LogP contribution < -0.4 is 5.73 Å². The zero-order valence-corrected chi connectivity index (χ0v) is 11.6. The SMILES string of the molecule is CC1CCCC(C)N1C(=O)c1ccc(N)cc1Cl. The van der Waals surface area contributed by atoms with Gasteiger partial charge in [0, 0.05) is 17.8 Å². The van der Waals surface area contributed by atoms with Gasteiger partial charge in [0.2, 0.25) is 0 Å². The Hall–Kier alpha value is -1.22. The van der Waals surface area contributed by atoms with Gasteiger partial charge in [-0.05, 0) is 51.3 Å². The first kappa shape index (κ1) is 13.2. The summed E-state index contributed by atoms with van der Waals surface area (Å²) in [5.41, 5.74) is 6.78. The number of halogens is 1. The van der Waals surface area contributed by atoms with Crippen LogP contribution in [0.15, 0.2) is 18.2 Å². The van der Waals surface area contributed by atoms with Crippen molar-refractivity contribution in [3.05, 3.63) is 28.8 Å². The van der Waals surface area contributed by atoms with E-state index >= 15 is 0 Å².